The Hall–Kier alpha value is -3.51. The molecule has 1 amide bonds. The number of hydrogen-bond acceptors (Lipinski definition) is 4. The first-order valence-electron chi connectivity index (χ1n) is 9.28. The molecule has 148 valence electrons. The Labute approximate surface area is 182 Å². The van der Waals surface area contributed by atoms with Crippen LogP contribution in [-0.4, -0.2) is 24.2 Å². The van der Waals surface area contributed by atoms with Crippen LogP contribution >= 0.6 is 15.9 Å². The van der Waals surface area contributed by atoms with Gasteiger partial charge in [-0.05, 0) is 51.8 Å². The molecule has 0 radical (unpaired) electrons. The van der Waals surface area contributed by atoms with Crippen LogP contribution in [0.25, 0.3) is 22.2 Å². The lowest BCUT2D eigenvalue weighted by Crippen LogP contribution is -2.18. The Morgan fingerprint density at radius 3 is 2.57 bits per heavy atom. The van der Waals surface area contributed by atoms with Gasteiger partial charge in [0.25, 0.3) is 5.91 Å². The van der Waals surface area contributed by atoms with Gasteiger partial charge in [0, 0.05) is 10.9 Å². The molecule has 1 N–H and O–H groups in total. The predicted octanol–water partition coefficient (Wildman–Crippen LogP) is 5.44. The first-order chi connectivity index (χ1) is 14.7. The highest BCUT2D eigenvalue weighted by molar-refractivity contribution is 9.10. The van der Waals surface area contributed by atoms with Gasteiger partial charge in [-0.1, -0.05) is 48.5 Å². The molecule has 30 heavy (non-hydrogen) atoms. The number of halogens is 1. The second-order valence-electron chi connectivity index (χ2n) is 6.53. The molecule has 0 spiro atoms. The molecule has 1 aromatic heterocycles. The highest BCUT2D eigenvalue weighted by atomic mass is 79.9. The molecule has 0 unspecified atom stereocenters. The average molecular weight is 460 g/mol. The zero-order valence-corrected chi connectivity index (χ0v) is 17.8. The van der Waals surface area contributed by atoms with Crippen LogP contribution in [0.2, 0.25) is 0 Å². The molecule has 0 fully saturated rings. The van der Waals surface area contributed by atoms with Gasteiger partial charge in [0.05, 0.1) is 34.6 Å². The van der Waals surface area contributed by atoms with Crippen molar-refractivity contribution in [3.05, 3.63) is 94.5 Å². The second kappa shape index (κ2) is 8.88. The number of carbonyl (C=O) groups excluding carboxylic acids is 1. The number of methoxy groups -OCH3 is 1. The summed E-state index contributed by atoms with van der Waals surface area (Å²) in [6, 6.07) is 24.7. The van der Waals surface area contributed by atoms with Gasteiger partial charge in [0.15, 0.2) is 0 Å². The molecule has 1 heterocycles. The Morgan fingerprint density at radius 2 is 1.80 bits per heavy atom. The number of para-hydroxylation sites is 1. The van der Waals surface area contributed by atoms with Crippen LogP contribution in [0.5, 0.6) is 5.75 Å². The lowest BCUT2D eigenvalue weighted by atomic mass is 10.0. The molecular weight excluding hydrogens is 442 g/mol. The summed E-state index contributed by atoms with van der Waals surface area (Å²) in [6.45, 7) is 0. The number of rotatable bonds is 5. The SMILES string of the molecule is COc1ccc(C=NNC(=O)c2cc(-c3ccccc3)nc3ccccc23)cc1Br. The summed E-state index contributed by atoms with van der Waals surface area (Å²) in [7, 11) is 1.61. The molecular formula is C24H18BrN3O2. The van der Waals surface area contributed by atoms with Crippen molar-refractivity contribution in [3.63, 3.8) is 0 Å². The van der Waals surface area contributed by atoms with E-state index in [4.69, 9.17) is 9.72 Å². The van der Waals surface area contributed by atoms with E-state index < -0.39 is 0 Å². The van der Waals surface area contributed by atoms with Crippen LogP contribution < -0.4 is 10.2 Å². The van der Waals surface area contributed by atoms with Gasteiger partial charge in [-0.3, -0.25) is 4.79 Å². The van der Waals surface area contributed by atoms with Crippen LogP contribution in [0.3, 0.4) is 0 Å². The third-order valence-electron chi connectivity index (χ3n) is 4.59. The summed E-state index contributed by atoms with van der Waals surface area (Å²) in [5, 5.41) is 4.89. The molecule has 0 saturated heterocycles. The van der Waals surface area contributed by atoms with Crippen molar-refractivity contribution < 1.29 is 9.53 Å². The number of pyridine rings is 1. The number of benzene rings is 3. The zero-order chi connectivity index (χ0) is 20.9. The van der Waals surface area contributed by atoms with E-state index >= 15 is 0 Å². The number of amides is 1. The van der Waals surface area contributed by atoms with Crippen LogP contribution in [0, 0.1) is 0 Å². The molecule has 6 heteroatoms. The van der Waals surface area contributed by atoms with Gasteiger partial charge in [0.2, 0.25) is 0 Å². The summed E-state index contributed by atoms with van der Waals surface area (Å²) in [5.74, 6) is 0.433. The van der Waals surface area contributed by atoms with Gasteiger partial charge in [-0.15, -0.1) is 0 Å². The molecule has 0 bridgehead atoms. The van der Waals surface area contributed by atoms with Gasteiger partial charge in [-0.25, -0.2) is 10.4 Å². The first-order valence-corrected chi connectivity index (χ1v) is 10.1. The zero-order valence-electron chi connectivity index (χ0n) is 16.2. The maximum absolute atomic E-state index is 12.9. The number of carbonyl (C=O) groups is 1. The molecule has 4 rings (SSSR count). The molecule has 3 aromatic carbocycles. The van der Waals surface area contributed by atoms with Crippen molar-refractivity contribution in [2.45, 2.75) is 0 Å². The van der Waals surface area contributed by atoms with Crippen molar-refractivity contribution in [1.29, 1.82) is 0 Å². The highest BCUT2D eigenvalue weighted by Crippen LogP contribution is 2.26. The summed E-state index contributed by atoms with van der Waals surface area (Å²) in [6.07, 6.45) is 1.59. The van der Waals surface area contributed by atoms with Crippen LogP contribution in [0.1, 0.15) is 15.9 Å². The van der Waals surface area contributed by atoms with Crippen LogP contribution in [-0.2, 0) is 0 Å². The molecule has 5 nitrogen and oxygen atoms in total. The number of fused-ring (bicyclic) bond motifs is 1. The summed E-state index contributed by atoms with van der Waals surface area (Å²) in [5.41, 5.74) is 6.41. The molecule has 0 atom stereocenters. The average Bonchev–Trinajstić information content (AvgIpc) is 2.79. The quantitative estimate of drug-likeness (QED) is 0.319. The Morgan fingerprint density at radius 1 is 1.03 bits per heavy atom. The minimum atomic E-state index is -0.297. The minimum absolute atomic E-state index is 0.297. The molecule has 0 aliphatic rings. The molecule has 0 aliphatic carbocycles. The number of nitrogens with one attached hydrogen (secondary N) is 1. The Kier molecular flexibility index (Phi) is 5.86. The molecule has 0 aliphatic heterocycles. The van der Waals surface area contributed by atoms with E-state index in [0.29, 0.717) is 5.56 Å². The third kappa shape index (κ3) is 4.23. The Bertz CT molecular complexity index is 1240. The fraction of sp³-hybridized carbons (Fsp3) is 0.0417. The van der Waals surface area contributed by atoms with Crippen molar-refractivity contribution in [2.24, 2.45) is 5.10 Å². The second-order valence-corrected chi connectivity index (χ2v) is 7.39. The Balaban J connectivity index is 1.63. The number of ether oxygens (including phenoxy) is 1. The number of nitrogens with zero attached hydrogens (tertiary/aromatic N) is 2. The van der Waals surface area contributed by atoms with E-state index in [1.54, 1.807) is 19.4 Å². The fourth-order valence-electron chi connectivity index (χ4n) is 3.11. The maximum atomic E-state index is 12.9. The van der Waals surface area contributed by atoms with Crippen LogP contribution in [0.15, 0.2) is 88.4 Å². The standard InChI is InChI=1S/C24H18BrN3O2/c1-30-23-12-11-16(13-20(23)25)15-26-28-24(29)19-14-22(17-7-3-2-4-8-17)27-21-10-6-5-9-18(19)21/h2-15H,1H3,(H,28,29). The van der Waals surface area contributed by atoms with Crippen molar-refractivity contribution in [3.8, 4) is 17.0 Å². The lowest BCUT2D eigenvalue weighted by molar-refractivity contribution is 0.0956. The summed E-state index contributed by atoms with van der Waals surface area (Å²) < 4.78 is 6.03. The van der Waals surface area contributed by atoms with Gasteiger partial charge < -0.3 is 4.74 Å². The smallest absolute Gasteiger partial charge is 0.272 e. The first kappa shape index (κ1) is 19.8. The van der Waals surface area contributed by atoms with Gasteiger partial charge in [0.1, 0.15) is 5.75 Å². The van der Waals surface area contributed by atoms with Gasteiger partial charge in [-0.2, -0.15) is 5.10 Å². The topological polar surface area (TPSA) is 63.6 Å². The molecule has 0 saturated carbocycles. The predicted molar refractivity (Wildman–Crippen MR) is 123 cm³/mol. The maximum Gasteiger partial charge on any atom is 0.272 e. The third-order valence-corrected chi connectivity index (χ3v) is 5.21. The van der Waals surface area contributed by atoms with Crippen molar-refractivity contribution in [2.75, 3.05) is 7.11 Å². The lowest BCUT2D eigenvalue weighted by Gasteiger charge is -2.09. The largest absolute Gasteiger partial charge is 0.496 e. The minimum Gasteiger partial charge on any atom is -0.496 e. The highest BCUT2D eigenvalue weighted by Gasteiger charge is 2.13. The van der Waals surface area contributed by atoms with E-state index in [1.807, 2.05) is 72.8 Å². The van der Waals surface area contributed by atoms with E-state index in [-0.39, 0.29) is 5.91 Å². The number of hydrogen-bond donors (Lipinski definition) is 1. The summed E-state index contributed by atoms with van der Waals surface area (Å²) in [4.78, 5) is 17.6. The number of aromatic nitrogens is 1. The van der Waals surface area contributed by atoms with Gasteiger partial charge >= 0.3 is 0 Å². The summed E-state index contributed by atoms with van der Waals surface area (Å²) >= 11 is 3.44. The van der Waals surface area contributed by atoms with Crippen molar-refractivity contribution >= 4 is 39.0 Å². The number of hydrazone groups is 1. The van der Waals surface area contributed by atoms with E-state index in [1.165, 1.54) is 0 Å². The van der Waals surface area contributed by atoms with E-state index in [2.05, 4.69) is 26.5 Å². The van der Waals surface area contributed by atoms with E-state index in [0.717, 1.165) is 37.9 Å². The fourth-order valence-corrected chi connectivity index (χ4v) is 3.67. The monoisotopic (exact) mass is 459 g/mol. The molecule has 4 aromatic rings. The van der Waals surface area contributed by atoms with Crippen LogP contribution in [0.4, 0.5) is 0 Å². The normalized spacial score (nSPS) is 11.0. The van der Waals surface area contributed by atoms with Crippen molar-refractivity contribution in [1.82, 2.24) is 10.4 Å². The van der Waals surface area contributed by atoms with E-state index in [9.17, 15) is 4.79 Å².